The molecule has 1 aliphatic carbocycles. The zero-order valence-corrected chi connectivity index (χ0v) is 11.5. The maximum absolute atomic E-state index is 2.68. The molecule has 0 aromatic heterocycles. The Hall–Kier alpha value is 0.730. The lowest BCUT2D eigenvalue weighted by molar-refractivity contribution is 0.334. The third-order valence-corrected chi connectivity index (χ3v) is 5.95. The summed E-state index contributed by atoms with van der Waals surface area (Å²) in [4.78, 5) is 0. The molecular weight excluding hydrogens is 271 g/mol. The molecule has 1 aliphatic rings. The fourth-order valence-electron chi connectivity index (χ4n) is 2.62. The van der Waals surface area contributed by atoms with Gasteiger partial charge in [-0.05, 0) is 36.5 Å². The van der Waals surface area contributed by atoms with Gasteiger partial charge in [0, 0.05) is 3.92 Å². The van der Waals surface area contributed by atoms with E-state index >= 15 is 0 Å². The van der Waals surface area contributed by atoms with Crippen LogP contribution in [0.25, 0.3) is 0 Å². The first-order valence-corrected chi connectivity index (χ1v) is 6.94. The first-order valence-electron chi connectivity index (χ1n) is 5.70. The topological polar surface area (TPSA) is 0 Å². The van der Waals surface area contributed by atoms with Gasteiger partial charge in [0.25, 0.3) is 0 Å². The minimum Gasteiger partial charge on any atom is -0.0820 e. The monoisotopic (exact) mass is 294 g/mol. The Balaban J connectivity index is 2.48. The largest absolute Gasteiger partial charge is 0.0820 e. The molecule has 1 rings (SSSR count). The molecule has 5 atom stereocenters. The molecule has 0 N–H and O–H groups in total. The molecule has 1 saturated carbocycles. The number of halogens is 1. The molecule has 0 aromatic rings. The smallest absolute Gasteiger partial charge is 0.0166 e. The van der Waals surface area contributed by atoms with E-state index in [1.807, 2.05) is 0 Å². The van der Waals surface area contributed by atoms with E-state index in [-0.39, 0.29) is 0 Å². The van der Waals surface area contributed by atoms with Crippen LogP contribution in [0.2, 0.25) is 0 Å². The van der Waals surface area contributed by atoms with Gasteiger partial charge in [-0.2, -0.15) is 0 Å². The van der Waals surface area contributed by atoms with Crippen molar-refractivity contribution in [1.82, 2.24) is 0 Å². The zero-order chi connectivity index (χ0) is 10.0. The van der Waals surface area contributed by atoms with Gasteiger partial charge in [-0.25, -0.2) is 0 Å². The second-order valence-electron chi connectivity index (χ2n) is 5.05. The molecule has 0 amide bonds. The summed E-state index contributed by atoms with van der Waals surface area (Å²) in [6.45, 7) is 9.58. The average molecular weight is 294 g/mol. The van der Waals surface area contributed by atoms with Gasteiger partial charge in [0.2, 0.25) is 0 Å². The Morgan fingerprint density at radius 2 is 1.92 bits per heavy atom. The molecule has 0 heterocycles. The number of rotatable bonds is 3. The summed E-state index contributed by atoms with van der Waals surface area (Å²) in [6, 6.07) is 0. The van der Waals surface area contributed by atoms with Gasteiger partial charge < -0.3 is 0 Å². The first kappa shape index (κ1) is 11.8. The molecule has 1 heteroatoms. The summed E-state index contributed by atoms with van der Waals surface area (Å²) >= 11 is 2.68. The van der Waals surface area contributed by atoms with E-state index in [0.29, 0.717) is 0 Å². The van der Waals surface area contributed by atoms with Crippen molar-refractivity contribution in [3.63, 3.8) is 0 Å². The summed E-state index contributed by atoms with van der Waals surface area (Å²) in [7, 11) is 0. The van der Waals surface area contributed by atoms with E-state index in [4.69, 9.17) is 0 Å². The molecule has 78 valence electrons. The molecule has 1 fully saturated rings. The van der Waals surface area contributed by atoms with E-state index < -0.39 is 0 Å². The van der Waals surface area contributed by atoms with Gasteiger partial charge in [0.05, 0.1) is 0 Å². The van der Waals surface area contributed by atoms with E-state index in [1.165, 1.54) is 19.3 Å². The Labute approximate surface area is 97.0 Å². The normalized spacial score (nSPS) is 42.2. The van der Waals surface area contributed by atoms with Crippen molar-refractivity contribution < 1.29 is 0 Å². The highest BCUT2D eigenvalue weighted by Gasteiger charge is 2.37. The molecule has 0 aliphatic heterocycles. The lowest BCUT2D eigenvalue weighted by atomic mass is 9.87. The van der Waals surface area contributed by atoms with Crippen LogP contribution in [0.4, 0.5) is 0 Å². The average Bonchev–Trinajstić information content (AvgIpc) is 2.32. The standard InChI is InChI=1S/C12H23I/c1-5-8(2)6-11-9(3)7-10(4)12(11)13/h8-12H,5-7H2,1-4H3/t8-,9-,10-,11?,12?/m0/s1. The highest BCUT2D eigenvalue weighted by Crippen LogP contribution is 2.44. The van der Waals surface area contributed by atoms with Crippen molar-refractivity contribution >= 4 is 22.6 Å². The highest BCUT2D eigenvalue weighted by atomic mass is 127. The third-order valence-electron chi connectivity index (χ3n) is 3.80. The molecular formula is C12H23I. The minimum absolute atomic E-state index is 0.926. The van der Waals surface area contributed by atoms with Crippen LogP contribution in [0.1, 0.15) is 47.0 Å². The van der Waals surface area contributed by atoms with Crippen molar-refractivity contribution in [3.05, 3.63) is 0 Å². The molecule has 13 heavy (non-hydrogen) atoms. The maximum atomic E-state index is 2.68. The molecule has 0 saturated heterocycles. The van der Waals surface area contributed by atoms with Crippen molar-refractivity contribution in [1.29, 1.82) is 0 Å². The van der Waals surface area contributed by atoms with Gasteiger partial charge in [0.1, 0.15) is 0 Å². The Morgan fingerprint density at radius 3 is 2.31 bits per heavy atom. The summed E-state index contributed by atoms with van der Waals surface area (Å²) < 4.78 is 0.932. The number of alkyl halides is 1. The van der Waals surface area contributed by atoms with Gasteiger partial charge in [-0.1, -0.05) is 56.7 Å². The van der Waals surface area contributed by atoms with Crippen LogP contribution in [0.3, 0.4) is 0 Å². The fourth-order valence-corrected chi connectivity index (χ4v) is 3.92. The second-order valence-corrected chi connectivity index (χ2v) is 6.49. The fraction of sp³-hybridized carbons (Fsp3) is 1.00. The first-order chi connectivity index (χ1) is 6.06. The molecule has 0 radical (unpaired) electrons. The van der Waals surface area contributed by atoms with Crippen LogP contribution < -0.4 is 0 Å². The van der Waals surface area contributed by atoms with E-state index in [0.717, 1.165) is 27.6 Å². The van der Waals surface area contributed by atoms with E-state index in [2.05, 4.69) is 50.3 Å². The minimum atomic E-state index is 0.926. The quantitative estimate of drug-likeness (QED) is 0.530. The predicted molar refractivity (Wildman–Crippen MR) is 68.3 cm³/mol. The van der Waals surface area contributed by atoms with Crippen LogP contribution in [-0.2, 0) is 0 Å². The van der Waals surface area contributed by atoms with Crippen molar-refractivity contribution in [2.75, 3.05) is 0 Å². The number of hydrogen-bond donors (Lipinski definition) is 0. The lowest BCUT2D eigenvalue weighted by Crippen LogP contribution is -2.17. The zero-order valence-electron chi connectivity index (χ0n) is 9.39. The lowest BCUT2D eigenvalue weighted by Gasteiger charge is -2.22. The van der Waals surface area contributed by atoms with Crippen LogP contribution in [0, 0.1) is 23.7 Å². The predicted octanol–water partition coefficient (Wildman–Crippen LogP) is 4.52. The summed E-state index contributed by atoms with van der Waals surface area (Å²) in [5.41, 5.74) is 0. The maximum Gasteiger partial charge on any atom is 0.0166 e. The SMILES string of the molecule is CC[C@H](C)CC1C(I)[C@@H](C)C[C@@H]1C. The van der Waals surface area contributed by atoms with Gasteiger partial charge >= 0.3 is 0 Å². The van der Waals surface area contributed by atoms with E-state index in [1.54, 1.807) is 0 Å². The van der Waals surface area contributed by atoms with Gasteiger partial charge in [-0.3, -0.25) is 0 Å². The molecule has 0 bridgehead atoms. The summed E-state index contributed by atoms with van der Waals surface area (Å²) in [5.74, 6) is 3.83. The van der Waals surface area contributed by atoms with Gasteiger partial charge in [-0.15, -0.1) is 0 Å². The molecule has 0 nitrogen and oxygen atoms in total. The Bertz CT molecular complexity index is 155. The van der Waals surface area contributed by atoms with E-state index in [9.17, 15) is 0 Å². The second kappa shape index (κ2) is 4.99. The van der Waals surface area contributed by atoms with Crippen molar-refractivity contribution in [3.8, 4) is 0 Å². The van der Waals surface area contributed by atoms with Crippen LogP contribution in [0.15, 0.2) is 0 Å². The number of hydrogen-bond acceptors (Lipinski definition) is 0. The molecule has 0 aromatic carbocycles. The summed E-state index contributed by atoms with van der Waals surface area (Å²) in [5, 5.41) is 0. The molecule has 2 unspecified atom stereocenters. The summed E-state index contributed by atoms with van der Waals surface area (Å²) in [6.07, 6.45) is 4.26. The van der Waals surface area contributed by atoms with Crippen molar-refractivity contribution in [2.45, 2.75) is 50.9 Å². The van der Waals surface area contributed by atoms with Crippen molar-refractivity contribution in [2.24, 2.45) is 23.7 Å². The van der Waals surface area contributed by atoms with Crippen LogP contribution in [0.5, 0.6) is 0 Å². The Kier molecular flexibility index (Phi) is 4.53. The third kappa shape index (κ3) is 2.84. The van der Waals surface area contributed by atoms with Crippen LogP contribution >= 0.6 is 22.6 Å². The Morgan fingerprint density at radius 1 is 1.31 bits per heavy atom. The molecule has 0 spiro atoms. The van der Waals surface area contributed by atoms with Crippen LogP contribution in [-0.4, -0.2) is 3.92 Å². The highest BCUT2D eigenvalue weighted by molar-refractivity contribution is 14.1. The van der Waals surface area contributed by atoms with Gasteiger partial charge in [0.15, 0.2) is 0 Å².